The molecule has 0 aliphatic carbocycles. The largest absolute Gasteiger partial charge is 0.456 e. The molecule has 4 aromatic heterocycles. The van der Waals surface area contributed by atoms with Crippen molar-refractivity contribution >= 4 is 75.4 Å². The first-order valence-corrected chi connectivity index (χ1v) is 15.8. The second kappa shape index (κ2) is 9.36. The molecule has 0 aliphatic heterocycles. The third kappa shape index (κ3) is 3.59. The van der Waals surface area contributed by atoms with Crippen LogP contribution in [0.1, 0.15) is 0 Å². The fourth-order valence-electron chi connectivity index (χ4n) is 6.89. The predicted molar refractivity (Wildman–Crippen MR) is 187 cm³/mol. The number of thiophene rings is 1. The van der Waals surface area contributed by atoms with Gasteiger partial charge in [-0.15, -0.1) is 11.3 Å². The number of furan rings is 1. The van der Waals surface area contributed by atoms with Crippen LogP contribution >= 0.6 is 11.3 Å². The molecule has 5 heteroatoms. The molecule has 0 saturated heterocycles. The lowest BCUT2D eigenvalue weighted by Crippen LogP contribution is -1.96. The zero-order chi connectivity index (χ0) is 29.5. The molecule has 210 valence electrons. The molecule has 0 radical (unpaired) electrons. The van der Waals surface area contributed by atoms with Gasteiger partial charge in [-0.25, -0.2) is 9.97 Å². The molecule has 0 fully saturated rings. The second-order valence-corrected chi connectivity index (χ2v) is 12.4. The van der Waals surface area contributed by atoms with Crippen molar-refractivity contribution < 1.29 is 4.42 Å². The van der Waals surface area contributed by atoms with Crippen molar-refractivity contribution in [2.45, 2.75) is 0 Å². The highest BCUT2D eigenvalue weighted by molar-refractivity contribution is 7.25. The van der Waals surface area contributed by atoms with Gasteiger partial charge in [0.15, 0.2) is 5.82 Å². The smallest absolute Gasteiger partial charge is 0.161 e. The Morgan fingerprint density at radius 2 is 1.27 bits per heavy atom. The van der Waals surface area contributed by atoms with E-state index in [1.54, 1.807) is 11.3 Å². The van der Waals surface area contributed by atoms with Crippen LogP contribution in [0.25, 0.3) is 92.4 Å². The van der Waals surface area contributed by atoms with Crippen LogP contribution in [-0.2, 0) is 0 Å². The molecule has 0 aliphatic rings. The Bertz CT molecular complexity index is 2770. The summed E-state index contributed by atoms with van der Waals surface area (Å²) in [5, 5.41) is 6.98. The molecule has 0 amide bonds. The fourth-order valence-corrected chi connectivity index (χ4v) is 7.97. The lowest BCUT2D eigenvalue weighted by molar-refractivity contribution is 0.669. The van der Waals surface area contributed by atoms with Gasteiger partial charge in [0.2, 0.25) is 0 Å². The average Bonchev–Trinajstić information content (AvgIpc) is 3.77. The molecule has 4 nitrogen and oxygen atoms in total. The van der Waals surface area contributed by atoms with E-state index < -0.39 is 0 Å². The van der Waals surface area contributed by atoms with Gasteiger partial charge in [-0.1, -0.05) is 97.1 Å². The van der Waals surface area contributed by atoms with E-state index >= 15 is 0 Å². The van der Waals surface area contributed by atoms with E-state index in [0.717, 1.165) is 71.5 Å². The Hall–Kier alpha value is -5.78. The summed E-state index contributed by atoms with van der Waals surface area (Å²) in [4.78, 5) is 11.3. The summed E-state index contributed by atoms with van der Waals surface area (Å²) < 4.78 is 9.88. The Kier molecular flexibility index (Phi) is 5.12. The first-order valence-electron chi connectivity index (χ1n) is 15.0. The topological polar surface area (TPSA) is 43.9 Å². The molecule has 0 N–H and O–H groups in total. The summed E-state index contributed by atoms with van der Waals surface area (Å²) in [6.07, 6.45) is 0. The van der Waals surface area contributed by atoms with Gasteiger partial charge in [-0.3, -0.25) is 0 Å². The molecule has 0 atom stereocenters. The summed E-state index contributed by atoms with van der Waals surface area (Å²) in [6, 6.07) is 48.8. The van der Waals surface area contributed by atoms with E-state index in [-0.39, 0.29) is 0 Å². The van der Waals surface area contributed by atoms with Crippen molar-refractivity contribution in [2.75, 3.05) is 0 Å². The van der Waals surface area contributed by atoms with Gasteiger partial charge in [-0.2, -0.15) is 0 Å². The van der Waals surface area contributed by atoms with Crippen molar-refractivity contribution in [3.05, 3.63) is 140 Å². The average molecular weight is 594 g/mol. The number of fused-ring (bicyclic) bond motifs is 10. The first-order chi connectivity index (χ1) is 22.3. The fraction of sp³-hybridized carbons (Fsp3) is 0. The van der Waals surface area contributed by atoms with Crippen molar-refractivity contribution in [2.24, 2.45) is 0 Å². The van der Waals surface area contributed by atoms with Gasteiger partial charge in [0.1, 0.15) is 16.0 Å². The molecular formula is C40H23N3OS. The normalized spacial score (nSPS) is 12.0. The van der Waals surface area contributed by atoms with E-state index in [0.29, 0.717) is 0 Å². The Balaban J connectivity index is 1.27. The molecular weight excluding hydrogens is 571 g/mol. The minimum atomic E-state index is 0.737. The quantitative estimate of drug-likeness (QED) is 0.205. The van der Waals surface area contributed by atoms with Crippen LogP contribution in [0.2, 0.25) is 0 Å². The van der Waals surface area contributed by atoms with Gasteiger partial charge in [0, 0.05) is 53.8 Å². The van der Waals surface area contributed by atoms with Gasteiger partial charge < -0.3 is 8.98 Å². The highest BCUT2D eigenvalue weighted by Crippen LogP contribution is 2.43. The van der Waals surface area contributed by atoms with Crippen LogP contribution in [-0.4, -0.2) is 14.5 Å². The maximum atomic E-state index is 6.29. The number of hydrogen-bond acceptors (Lipinski definition) is 4. The lowest BCUT2D eigenvalue weighted by Gasteiger charge is -2.12. The third-order valence-electron chi connectivity index (χ3n) is 8.83. The molecule has 0 unspecified atom stereocenters. The van der Waals surface area contributed by atoms with E-state index in [2.05, 4.69) is 114 Å². The van der Waals surface area contributed by atoms with Crippen molar-refractivity contribution in [3.63, 3.8) is 0 Å². The van der Waals surface area contributed by atoms with Crippen LogP contribution in [0, 0.1) is 0 Å². The molecule has 10 rings (SSSR count). The third-order valence-corrected chi connectivity index (χ3v) is 9.89. The van der Waals surface area contributed by atoms with Crippen molar-refractivity contribution in [3.8, 4) is 28.3 Å². The van der Waals surface area contributed by atoms with Crippen LogP contribution in [0.15, 0.2) is 144 Å². The van der Waals surface area contributed by atoms with Gasteiger partial charge in [0.05, 0.1) is 16.7 Å². The van der Waals surface area contributed by atoms with Gasteiger partial charge >= 0.3 is 0 Å². The molecule has 0 spiro atoms. The summed E-state index contributed by atoms with van der Waals surface area (Å²) in [5.74, 6) is 0.737. The standard InChI is InChI=1S/C40H23N3OS/c1-2-11-24(12-3-1)39-41-38(37-29-17-6-9-20-34(29)45-40(37)42-39)25-13-10-14-26(23-25)43-30-18-7-4-15-27(30)35-31(43)21-22-33-36(35)28-16-5-8-19-32(28)44-33/h1-23H. The number of benzene rings is 6. The number of hydrogen-bond donors (Lipinski definition) is 0. The predicted octanol–water partition coefficient (Wildman–Crippen LogP) is 11.2. The summed E-state index contributed by atoms with van der Waals surface area (Å²) in [5.41, 5.74) is 8.20. The zero-order valence-corrected chi connectivity index (χ0v) is 24.8. The Morgan fingerprint density at radius 3 is 2.18 bits per heavy atom. The van der Waals surface area contributed by atoms with E-state index in [4.69, 9.17) is 14.4 Å². The summed E-state index contributed by atoms with van der Waals surface area (Å²) in [6.45, 7) is 0. The molecule has 0 saturated carbocycles. The summed E-state index contributed by atoms with van der Waals surface area (Å²) in [7, 11) is 0. The minimum Gasteiger partial charge on any atom is -0.456 e. The van der Waals surface area contributed by atoms with E-state index in [9.17, 15) is 0 Å². The molecule has 4 heterocycles. The van der Waals surface area contributed by atoms with Crippen LogP contribution < -0.4 is 0 Å². The minimum absolute atomic E-state index is 0.737. The maximum absolute atomic E-state index is 6.29. The van der Waals surface area contributed by atoms with Crippen molar-refractivity contribution in [1.82, 2.24) is 14.5 Å². The Labute approximate surface area is 261 Å². The monoisotopic (exact) mass is 593 g/mol. The molecule has 10 aromatic rings. The highest BCUT2D eigenvalue weighted by Gasteiger charge is 2.20. The first kappa shape index (κ1) is 24.6. The van der Waals surface area contributed by atoms with Gasteiger partial charge in [0.25, 0.3) is 0 Å². The SMILES string of the molecule is c1ccc(-c2nc(-c3cccc(-n4c5ccccc5c5c6c(ccc54)oc4ccccc46)c3)c3c(n2)sc2ccccc23)cc1. The highest BCUT2D eigenvalue weighted by atomic mass is 32.1. The number of nitrogens with zero attached hydrogens (tertiary/aromatic N) is 3. The molecule has 45 heavy (non-hydrogen) atoms. The zero-order valence-electron chi connectivity index (χ0n) is 23.9. The number of para-hydroxylation sites is 2. The number of rotatable bonds is 3. The van der Waals surface area contributed by atoms with Gasteiger partial charge in [-0.05, 0) is 42.5 Å². The van der Waals surface area contributed by atoms with Crippen LogP contribution in [0.4, 0.5) is 0 Å². The lowest BCUT2D eigenvalue weighted by atomic mass is 10.0. The number of aromatic nitrogens is 3. The van der Waals surface area contributed by atoms with Crippen LogP contribution in [0.3, 0.4) is 0 Å². The van der Waals surface area contributed by atoms with Crippen molar-refractivity contribution in [1.29, 1.82) is 0 Å². The summed E-state index contributed by atoms with van der Waals surface area (Å²) >= 11 is 1.72. The molecule has 6 aromatic carbocycles. The maximum Gasteiger partial charge on any atom is 0.161 e. The second-order valence-electron chi connectivity index (χ2n) is 11.4. The van der Waals surface area contributed by atoms with E-state index in [1.165, 1.54) is 20.9 Å². The Morgan fingerprint density at radius 1 is 0.511 bits per heavy atom. The van der Waals surface area contributed by atoms with Crippen LogP contribution in [0.5, 0.6) is 0 Å². The van der Waals surface area contributed by atoms with E-state index in [1.807, 2.05) is 30.3 Å². The molecule has 0 bridgehead atoms.